The van der Waals surface area contributed by atoms with E-state index in [0.717, 1.165) is 18.7 Å². The molecule has 1 aromatic carbocycles. The Labute approximate surface area is 225 Å². The number of halogens is 1. The second-order valence-corrected chi connectivity index (χ2v) is 10.1. The fourth-order valence-corrected chi connectivity index (χ4v) is 5.62. The first-order chi connectivity index (χ1) is 18.7. The summed E-state index contributed by atoms with van der Waals surface area (Å²) in [4.78, 5) is 36.9. The summed E-state index contributed by atoms with van der Waals surface area (Å²) in [5, 5.41) is 11.9. The lowest BCUT2D eigenvalue weighted by Crippen LogP contribution is -2.46. The highest BCUT2D eigenvalue weighted by Crippen LogP contribution is 2.36. The summed E-state index contributed by atoms with van der Waals surface area (Å²) in [5.74, 6) is 0.160. The summed E-state index contributed by atoms with van der Waals surface area (Å²) in [5.41, 5.74) is 0.775. The summed E-state index contributed by atoms with van der Waals surface area (Å²) >= 11 is 0. The van der Waals surface area contributed by atoms with Gasteiger partial charge in [0, 0.05) is 37.4 Å². The van der Waals surface area contributed by atoms with Gasteiger partial charge in [0.05, 0.1) is 38.5 Å². The standard InChI is InChI=1S/C27H33FN6O5/c1-15-5-6-16(2)34(15)21-8-7-17(12-30-21)25-31-23-22(28)19(26(35)29-3)11-20(38-4)24(23)33(25)14-18-13-32(27(36)37)9-10-39-18/h7-8,11-12,15-16,18H,5-6,9-10,13-14H2,1-4H3,(H,29,35)(H,36,37)/t15-,16-,18-/m0/s1. The number of aromatic nitrogens is 3. The first-order valence-corrected chi connectivity index (χ1v) is 13.1. The number of morpholine rings is 1. The number of carboxylic acid groups (broad SMARTS) is 1. The summed E-state index contributed by atoms with van der Waals surface area (Å²) in [6.07, 6.45) is 2.38. The molecule has 0 spiro atoms. The van der Waals surface area contributed by atoms with E-state index in [9.17, 15) is 14.7 Å². The van der Waals surface area contributed by atoms with E-state index in [2.05, 4.69) is 29.0 Å². The van der Waals surface area contributed by atoms with Crippen molar-refractivity contribution in [3.05, 3.63) is 35.8 Å². The largest absolute Gasteiger partial charge is 0.494 e. The van der Waals surface area contributed by atoms with Crippen molar-refractivity contribution in [2.45, 2.75) is 51.4 Å². The van der Waals surface area contributed by atoms with Gasteiger partial charge in [-0.3, -0.25) is 4.79 Å². The van der Waals surface area contributed by atoms with E-state index in [1.54, 1.807) is 10.8 Å². The molecule has 2 aromatic heterocycles. The van der Waals surface area contributed by atoms with E-state index in [-0.39, 0.29) is 43.1 Å². The molecule has 3 aromatic rings. The molecule has 2 fully saturated rings. The first-order valence-electron chi connectivity index (χ1n) is 13.1. The maximum absolute atomic E-state index is 15.7. The lowest BCUT2D eigenvalue weighted by atomic mass is 10.1. The molecule has 4 heterocycles. The van der Waals surface area contributed by atoms with Crippen LogP contribution in [0.25, 0.3) is 22.4 Å². The van der Waals surface area contributed by atoms with Gasteiger partial charge in [0.2, 0.25) is 0 Å². The van der Waals surface area contributed by atoms with Crippen molar-refractivity contribution in [2.24, 2.45) is 0 Å². The minimum Gasteiger partial charge on any atom is -0.494 e. The summed E-state index contributed by atoms with van der Waals surface area (Å²) in [6.45, 7) is 5.22. The molecule has 39 heavy (non-hydrogen) atoms. The number of hydrogen-bond acceptors (Lipinski definition) is 7. The van der Waals surface area contributed by atoms with E-state index >= 15 is 4.39 Å². The summed E-state index contributed by atoms with van der Waals surface area (Å²) in [6, 6.07) is 5.94. The molecule has 0 bridgehead atoms. The van der Waals surface area contributed by atoms with Crippen LogP contribution in [0.3, 0.4) is 0 Å². The lowest BCUT2D eigenvalue weighted by Gasteiger charge is -2.31. The molecule has 2 amide bonds. The highest BCUT2D eigenvalue weighted by atomic mass is 19.1. The topological polar surface area (TPSA) is 122 Å². The lowest BCUT2D eigenvalue weighted by molar-refractivity contribution is -0.0286. The van der Waals surface area contributed by atoms with Gasteiger partial charge in [-0.15, -0.1) is 0 Å². The van der Waals surface area contributed by atoms with Crippen molar-refractivity contribution in [3.8, 4) is 17.1 Å². The zero-order valence-electron chi connectivity index (χ0n) is 22.5. The number of amides is 2. The number of nitrogens with zero attached hydrogens (tertiary/aromatic N) is 5. The average Bonchev–Trinajstić information content (AvgIpc) is 3.48. The fourth-order valence-electron chi connectivity index (χ4n) is 5.62. The van der Waals surface area contributed by atoms with Gasteiger partial charge in [0.25, 0.3) is 5.91 Å². The number of pyridine rings is 1. The van der Waals surface area contributed by atoms with Crippen molar-refractivity contribution < 1.29 is 28.6 Å². The predicted molar refractivity (Wildman–Crippen MR) is 143 cm³/mol. The van der Waals surface area contributed by atoms with Gasteiger partial charge < -0.3 is 34.3 Å². The van der Waals surface area contributed by atoms with E-state index in [4.69, 9.17) is 14.5 Å². The van der Waals surface area contributed by atoms with Crippen LogP contribution in [0.1, 0.15) is 37.0 Å². The number of benzene rings is 1. The maximum atomic E-state index is 15.7. The van der Waals surface area contributed by atoms with Crippen molar-refractivity contribution in [1.29, 1.82) is 0 Å². The molecular weight excluding hydrogens is 507 g/mol. The number of ether oxygens (including phenoxy) is 2. The second-order valence-electron chi connectivity index (χ2n) is 10.1. The van der Waals surface area contributed by atoms with Gasteiger partial charge in [-0.05, 0) is 44.9 Å². The van der Waals surface area contributed by atoms with Crippen LogP contribution in [-0.4, -0.2) is 88.6 Å². The van der Waals surface area contributed by atoms with Gasteiger partial charge in [-0.1, -0.05) is 0 Å². The third-order valence-corrected chi connectivity index (χ3v) is 7.63. The Balaban J connectivity index is 1.63. The van der Waals surface area contributed by atoms with Gasteiger partial charge in [0.1, 0.15) is 28.4 Å². The normalized spacial score (nSPS) is 21.4. The molecule has 5 rings (SSSR count). The molecule has 0 unspecified atom stereocenters. The molecule has 0 aliphatic carbocycles. The number of carbonyl (C=O) groups is 2. The second kappa shape index (κ2) is 10.7. The number of fused-ring (bicyclic) bond motifs is 1. The number of methoxy groups -OCH3 is 1. The van der Waals surface area contributed by atoms with Crippen molar-refractivity contribution in [2.75, 3.05) is 38.8 Å². The SMILES string of the molecule is CNC(=O)c1cc(OC)c2c(nc(-c3ccc(N4[C@@H](C)CC[C@@H]4C)nc3)n2C[C@@H]2CN(C(=O)O)CCO2)c1F. The predicted octanol–water partition coefficient (Wildman–Crippen LogP) is 3.36. The average molecular weight is 541 g/mol. The monoisotopic (exact) mass is 540 g/mol. The Morgan fingerprint density at radius 2 is 2.00 bits per heavy atom. The Hall–Kier alpha value is -3.93. The number of anilines is 1. The van der Waals surface area contributed by atoms with Crippen LogP contribution in [0.2, 0.25) is 0 Å². The third kappa shape index (κ3) is 4.84. The molecule has 2 saturated heterocycles. The zero-order valence-corrected chi connectivity index (χ0v) is 22.5. The Morgan fingerprint density at radius 3 is 2.62 bits per heavy atom. The van der Waals surface area contributed by atoms with E-state index in [1.807, 2.05) is 12.1 Å². The molecule has 2 aliphatic heterocycles. The van der Waals surface area contributed by atoms with Crippen LogP contribution in [0, 0.1) is 5.82 Å². The van der Waals surface area contributed by atoms with Crippen molar-refractivity contribution in [3.63, 3.8) is 0 Å². The Morgan fingerprint density at radius 1 is 1.26 bits per heavy atom. The van der Waals surface area contributed by atoms with Gasteiger partial charge in [-0.2, -0.15) is 0 Å². The highest BCUT2D eigenvalue weighted by molar-refractivity contribution is 6.00. The Kier molecular flexibility index (Phi) is 7.30. The molecular formula is C27H33FN6O5. The number of nitrogens with one attached hydrogen (secondary N) is 1. The van der Waals surface area contributed by atoms with E-state index in [1.165, 1.54) is 25.1 Å². The molecule has 11 nitrogen and oxygen atoms in total. The van der Waals surface area contributed by atoms with Crippen LogP contribution in [0.5, 0.6) is 5.75 Å². The van der Waals surface area contributed by atoms with Crippen molar-refractivity contribution >= 4 is 28.9 Å². The van der Waals surface area contributed by atoms with Gasteiger partial charge in [0.15, 0.2) is 5.82 Å². The van der Waals surface area contributed by atoms with Crippen LogP contribution in [0.15, 0.2) is 24.4 Å². The number of imidazole rings is 1. The van der Waals surface area contributed by atoms with Gasteiger partial charge >= 0.3 is 6.09 Å². The number of hydrogen-bond donors (Lipinski definition) is 2. The summed E-state index contributed by atoms with van der Waals surface area (Å²) < 4.78 is 28.9. The minimum atomic E-state index is -1.02. The fraction of sp³-hybridized carbons (Fsp3) is 0.481. The summed E-state index contributed by atoms with van der Waals surface area (Å²) in [7, 11) is 2.86. The maximum Gasteiger partial charge on any atom is 0.407 e. The zero-order chi connectivity index (χ0) is 27.8. The van der Waals surface area contributed by atoms with Crippen LogP contribution >= 0.6 is 0 Å². The third-order valence-electron chi connectivity index (χ3n) is 7.63. The molecule has 0 saturated carbocycles. The molecule has 2 N–H and O–H groups in total. The van der Waals surface area contributed by atoms with E-state index < -0.39 is 23.9 Å². The molecule has 12 heteroatoms. The number of rotatable bonds is 6. The van der Waals surface area contributed by atoms with Crippen LogP contribution < -0.4 is 15.0 Å². The molecule has 0 radical (unpaired) electrons. The van der Waals surface area contributed by atoms with E-state index in [0.29, 0.717) is 29.0 Å². The smallest absolute Gasteiger partial charge is 0.407 e. The van der Waals surface area contributed by atoms with Crippen molar-refractivity contribution in [1.82, 2.24) is 24.8 Å². The number of carbonyl (C=O) groups excluding carboxylic acids is 1. The molecule has 3 atom stereocenters. The molecule has 2 aliphatic rings. The first kappa shape index (κ1) is 26.7. The minimum absolute atomic E-state index is 0.0280. The Bertz CT molecular complexity index is 1380. The van der Waals surface area contributed by atoms with Crippen LogP contribution in [-0.2, 0) is 11.3 Å². The van der Waals surface area contributed by atoms with Gasteiger partial charge in [-0.25, -0.2) is 19.2 Å². The quantitative estimate of drug-likeness (QED) is 0.488. The molecule has 208 valence electrons. The highest BCUT2D eigenvalue weighted by Gasteiger charge is 2.31. The van der Waals surface area contributed by atoms with Crippen LogP contribution in [0.4, 0.5) is 15.0 Å².